The summed E-state index contributed by atoms with van der Waals surface area (Å²) in [6, 6.07) is 15.8. The van der Waals surface area contributed by atoms with E-state index in [1.807, 2.05) is 41.3 Å². The minimum atomic E-state index is -0.353. The first-order valence-corrected chi connectivity index (χ1v) is 8.82. The zero-order valence-electron chi connectivity index (χ0n) is 13.1. The molecule has 1 heterocycles. The molecule has 0 aromatic heterocycles. The van der Waals surface area contributed by atoms with E-state index in [0.29, 0.717) is 28.5 Å². The van der Waals surface area contributed by atoms with Gasteiger partial charge >= 0.3 is 0 Å². The molecule has 2 aromatic carbocycles. The van der Waals surface area contributed by atoms with Crippen LogP contribution in [-0.2, 0) is 0 Å². The van der Waals surface area contributed by atoms with Crippen molar-refractivity contribution in [1.82, 2.24) is 4.90 Å². The van der Waals surface area contributed by atoms with Crippen molar-refractivity contribution in [3.63, 3.8) is 0 Å². The number of nitriles is 1. The van der Waals surface area contributed by atoms with E-state index >= 15 is 0 Å². The highest BCUT2D eigenvalue weighted by atomic mass is 32.2. The van der Waals surface area contributed by atoms with Crippen LogP contribution >= 0.6 is 11.8 Å². The molecule has 1 unspecified atom stereocenters. The number of hydrogen-bond acceptors (Lipinski definition) is 3. The molecule has 1 saturated heterocycles. The Morgan fingerprint density at radius 2 is 2.08 bits per heavy atom. The number of carbonyl (C=O) groups excluding carboxylic acids is 1. The highest BCUT2D eigenvalue weighted by Crippen LogP contribution is 2.28. The van der Waals surface area contributed by atoms with Gasteiger partial charge in [0.15, 0.2) is 0 Å². The van der Waals surface area contributed by atoms with Crippen LogP contribution in [0.5, 0.6) is 0 Å². The summed E-state index contributed by atoms with van der Waals surface area (Å²) in [5, 5.41) is 8.77. The van der Waals surface area contributed by atoms with Crippen molar-refractivity contribution < 1.29 is 9.18 Å². The van der Waals surface area contributed by atoms with Gasteiger partial charge in [-0.3, -0.25) is 4.79 Å². The van der Waals surface area contributed by atoms with Gasteiger partial charge in [0.1, 0.15) is 5.82 Å². The molecule has 3 rings (SSSR count). The summed E-state index contributed by atoms with van der Waals surface area (Å²) in [4.78, 5) is 14.8. The van der Waals surface area contributed by atoms with Crippen LogP contribution in [0.2, 0.25) is 0 Å². The van der Waals surface area contributed by atoms with E-state index in [-0.39, 0.29) is 11.7 Å². The van der Waals surface area contributed by atoms with Crippen molar-refractivity contribution in [2.24, 2.45) is 5.92 Å². The molecule has 2 aromatic rings. The molecule has 0 bridgehead atoms. The highest BCUT2D eigenvalue weighted by Gasteiger charge is 2.27. The molecule has 0 N–H and O–H groups in total. The van der Waals surface area contributed by atoms with Crippen molar-refractivity contribution in [2.75, 3.05) is 18.8 Å². The molecular weight excluding hydrogens is 323 g/mol. The molecule has 1 atom stereocenters. The molecular formula is C19H17FN2OS. The predicted octanol–water partition coefficient (Wildman–Crippen LogP) is 3.95. The molecule has 0 aliphatic carbocycles. The Morgan fingerprint density at radius 3 is 2.79 bits per heavy atom. The van der Waals surface area contributed by atoms with Crippen LogP contribution in [0.15, 0.2) is 53.4 Å². The maximum Gasteiger partial charge on any atom is 0.253 e. The SMILES string of the molecule is N#Cc1ccc(SCC2CCN(C(=O)c3ccccc3)C2)c(F)c1. The van der Waals surface area contributed by atoms with E-state index in [1.54, 1.807) is 12.1 Å². The second kappa shape index (κ2) is 7.50. The topological polar surface area (TPSA) is 44.1 Å². The Kier molecular flexibility index (Phi) is 5.17. The zero-order chi connectivity index (χ0) is 16.9. The van der Waals surface area contributed by atoms with Gasteiger partial charge in [0.2, 0.25) is 0 Å². The first kappa shape index (κ1) is 16.5. The fourth-order valence-corrected chi connectivity index (χ4v) is 3.86. The van der Waals surface area contributed by atoms with E-state index in [0.717, 1.165) is 18.7 Å². The molecule has 0 radical (unpaired) electrons. The molecule has 1 aliphatic heterocycles. The molecule has 3 nitrogen and oxygen atoms in total. The summed E-state index contributed by atoms with van der Waals surface area (Å²) in [5.41, 5.74) is 1.04. The van der Waals surface area contributed by atoms with Gasteiger partial charge in [0.25, 0.3) is 5.91 Å². The number of hydrogen-bond donors (Lipinski definition) is 0. The Balaban J connectivity index is 1.55. The largest absolute Gasteiger partial charge is 0.338 e. The van der Waals surface area contributed by atoms with Crippen LogP contribution < -0.4 is 0 Å². The predicted molar refractivity (Wildman–Crippen MR) is 92.3 cm³/mol. The molecule has 0 saturated carbocycles. The third kappa shape index (κ3) is 3.77. The number of halogens is 1. The lowest BCUT2D eigenvalue weighted by molar-refractivity contribution is 0.0788. The van der Waals surface area contributed by atoms with Crippen LogP contribution in [0.4, 0.5) is 4.39 Å². The normalized spacial score (nSPS) is 16.8. The fourth-order valence-electron chi connectivity index (χ4n) is 2.81. The van der Waals surface area contributed by atoms with E-state index in [4.69, 9.17) is 5.26 Å². The van der Waals surface area contributed by atoms with Crippen molar-refractivity contribution in [2.45, 2.75) is 11.3 Å². The van der Waals surface area contributed by atoms with Gasteiger partial charge in [-0.1, -0.05) is 18.2 Å². The molecule has 24 heavy (non-hydrogen) atoms. The molecule has 0 spiro atoms. The number of thioether (sulfide) groups is 1. The van der Waals surface area contributed by atoms with Crippen molar-refractivity contribution in [1.29, 1.82) is 5.26 Å². The van der Waals surface area contributed by atoms with Gasteiger partial charge < -0.3 is 4.90 Å². The third-order valence-corrected chi connectivity index (χ3v) is 5.41. The summed E-state index contributed by atoms with van der Waals surface area (Å²) in [5.74, 6) is 0.834. The first-order valence-electron chi connectivity index (χ1n) is 7.84. The van der Waals surface area contributed by atoms with Crippen LogP contribution in [0.1, 0.15) is 22.3 Å². The van der Waals surface area contributed by atoms with E-state index in [9.17, 15) is 9.18 Å². The van der Waals surface area contributed by atoms with Crippen LogP contribution in [0, 0.1) is 23.1 Å². The van der Waals surface area contributed by atoms with Crippen molar-refractivity contribution in [3.8, 4) is 6.07 Å². The van der Waals surface area contributed by atoms with E-state index < -0.39 is 0 Å². The molecule has 122 valence electrons. The fraction of sp³-hybridized carbons (Fsp3) is 0.263. The second-order valence-corrected chi connectivity index (χ2v) is 6.90. The van der Waals surface area contributed by atoms with Crippen molar-refractivity contribution in [3.05, 3.63) is 65.5 Å². The average Bonchev–Trinajstić information content (AvgIpc) is 3.09. The number of rotatable bonds is 4. The van der Waals surface area contributed by atoms with E-state index in [1.165, 1.54) is 17.8 Å². The number of likely N-dealkylation sites (tertiary alicyclic amines) is 1. The summed E-state index contributed by atoms with van der Waals surface area (Å²) in [7, 11) is 0. The molecule has 1 aliphatic rings. The van der Waals surface area contributed by atoms with Gasteiger partial charge in [0, 0.05) is 29.3 Å². The zero-order valence-corrected chi connectivity index (χ0v) is 13.9. The first-order chi connectivity index (χ1) is 11.7. The second-order valence-electron chi connectivity index (χ2n) is 5.84. The summed E-state index contributed by atoms with van der Waals surface area (Å²) in [6.07, 6.45) is 0.934. The monoisotopic (exact) mass is 340 g/mol. The van der Waals surface area contributed by atoms with Gasteiger partial charge in [-0.25, -0.2) is 4.39 Å². The lowest BCUT2D eigenvalue weighted by Gasteiger charge is -2.16. The maximum atomic E-state index is 13.9. The smallest absolute Gasteiger partial charge is 0.253 e. The summed E-state index contributed by atoms with van der Waals surface area (Å²) < 4.78 is 13.9. The van der Waals surface area contributed by atoms with E-state index in [2.05, 4.69) is 0 Å². The van der Waals surface area contributed by atoms with Gasteiger partial charge in [0.05, 0.1) is 11.6 Å². The Hall–Kier alpha value is -2.32. The van der Waals surface area contributed by atoms with Crippen LogP contribution in [0.3, 0.4) is 0 Å². The van der Waals surface area contributed by atoms with Crippen molar-refractivity contribution >= 4 is 17.7 Å². The minimum Gasteiger partial charge on any atom is -0.338 e. The lowest BCUT2D eigenvalue weighted by Crippen LogP contribution is -2.28. The van der Waals surface area contributed by atoms with Crippen LogP contribution in [0.25, 0.3) is 0 Å². The highest BCUT2D eigenvalue weighted by molar-refractivity contribution is 7.99. The Labute approximate surface area is 145 Å². The quantitative estimate of drug-likeness (QED) is 0.792. The van der Waals surface area contributed by atoms with Crippen LogP contribution in [-0.4, -0.2) is 29.6 Å². The molecule has 5 heteroatoms. The van der Waals surface area contributed by atoms with Gasteiger partial charge in [-0.2, -0.15) is 5.26 Å². The molecule has 1 fully saturated rings. The number of carbonyl (C=O) groups is 1. The summed E-state index contributed by atoms with van der Waals surface area (Å²) in [6.45, 7) is 1.45. The Morgan fingerprint density at radius 1 is 1.29 bits per heavy atom. The number of amides is 1. The summed E-state index contributed by atoms with van der Waals surface area (Å²) >= 11 is 1.45. The minimum absolute atomic E-state index is 0.0626. The third-order valence-electron chi connectivity index (χ3n) is 4.13. The lowest BCUT2D eigenvalue weighted by atomic mass is 10.1. The maximum absolute atomic E-state index is 13.9. The number of nitrogens with zero attached hydrogens (tertiary/aromatic N) is 2. The average molecular weight is 340 g/mol. The van der Waals surface area contributed by atoms with Gasteiger partial charge in [-0.05, 0) is 42.7 Å². The molecule has 1 amide bonds. The van der Waals surface area contributed by atoms with Gasteiger partial charge in [-0.15, -0.1) is 11.8 Å². The number of benzene rings is 2. The standard InChI is InChI=1S/C19H17FN2OS/c20-17-10-14(11-21)6-7-18(17)24-13-15-8-9-22(12-15)19(23)16-4-2-1-3-5-16/h1-7,10,15H,8-9,12-13H2. The Bertz CT molecular complexity index is 773.